The van der Waals surface area contributed by atoms with Crippen molar-refractivity contribution >= 4 is 15.8 Å². The molecule has 0 N–H and O–H groups in total. The molecule has 0 aromatic heterocycles. The van der Waals surface area contributed by atoms with Gasteiger partial charge in [-0.25, -0.2) is 8.42 Å². The van der Waals surface area contributed by atoms with Crippen molar-refractivity contribution in [3.05, 3.63) is 41.5 Å². The van der Waals surface area contributed by atoms with Crippen molar-refractivity contribution in [2.45, 2.75) is 25.2 Å². The topological polar surface area (TPSA) is 54.5 Å². The van der Waals surface area contributed by atoms with Gasteiger partial charge in [0.15, 0.2) is 5.78 Å². The standard InChI is InChI=1S/C14H17NO3S/c1-11-4-3-9-15(10-11)19(17,18)14-7-5-13(6-8-14)12(2)16/h4-8H,3,9-10H2,1-2H3. The van der Waals surface area contributed by atoms with Crippen molar-refractivity contribution < 1.29 is 13.2 Å². The summed E-state index contributed by atoms with van der Waals surface area (Å²) in [7, 11) is -3.46. The number of rotatable bonds is 3. The average molecular weight is 279 g/mol. The number of carbonyl (C=O) groups is 1. The summed E-state index contributed by atoms with van der Waals surface area (Å²) >= 11 is 0. The maximum absolute atomic E-state index is 12.4. The Morgan fingerprint density at radius 1 is 1.21 bits per heavy atom. The number of nitrogens with zero attached hydrogens (tertiary/aromatic N) is 1. The molecule has 0 bridgehead atoms. The van der Waals surface area contributed by atoms with Crippen LogP contribution in [0.2, 0.25) is 0 Å². The lowest BCUT2D eigenvalue weighted by Gasteiger charge is -2.25. The highest BCUT2D eigenvalue weighted by molar-refractivity contribution is 7.89. The van der Waals surface area contributed by atoms with Crippen LogP contribution >= 0.6 is 0 Å². The summed E-state index contributed by atoms with van der Waals surface area (Å²) in [5.74, 6) is -0.0688. The van der Waals surface area contributed by atoms with E-state index in [-0.39, 0.29) is 10.7 Å². The Balaban J connectivity index is 2.29. The predicted molar refractivity (Wildman–Crippen MR) is 73.6 cm³/mol. The zero-order valence-electron chi connectivity index (χ0n) is 11.1. The summed E-state index contributed by atoms with van der Waals surface area (Å²) in [5, 5.41) is 0. The molecular weight excluding hydrogens is 262 g/mol. The number of benzene rings is 1. The van der Waals surface area contributed by atoms with E-state index in [2.05, 4.69) is 6.08 Å². The fourth-order valence-corrected chi connectivity index (χ4v) is 3.59. The van der Waals surface area contributed by atoms with E-state index >= 15 is 0 Å². The SMILES string of the molecule is CC(=O)c1ccc(S(=O)(=O)N2CCC=C(C)C2)cc1. The van der Waals surface area contributed by atoms with E-state index < -0.39 is 10.0 Å². The lowest BCUT2D eigenvalue weighted by Crippen LogP contribution is -2.35. The van der Waals surface area contributed by atoms with Gasteiger partial charge in [0.2, 0.25) is 10.0 Å². The Hall–Kier alpha value is -1.46. The highest BCUT2D eigenvalue weighted by atomic mass is 32.2. The zero-order chi connectivity index (χ0) is 14.0. The molecule has 1 aliphatic heterocycles. The van der Waals surface area contributed by atoms with E-state index in [1.54, 1.807) is 12.1 Å². The van der Waals surface area contributed by atoms with Gasteiger partial charge in [0.1, 0.15) is 0 Å². The van der Waals surface area contributed by atoms with Gasteiger partial charge in [-0.2, -0.15) is 4.31 Å². The first-order chi connectivity index (χ1) is 8.91. The van der Waals surface area contributed by atoms with Crippen molar-refractivity contribution in [1.82, 2.24) is 4.31 Å². The van der Waals surface area contributed by atoms with Crippen LogP contribution in [0.5, 0.6) is 0 Å². The molecule has 0 radical (unpaired) electrons. The summed E-state index contributed by atoms with van der Waals surface area (Å²) in [6, 6.07) is 6.11. The second kappa shape index (κ2) is 5.27. The van der Waals surface area contributed by atoms with Crippen LogP contribution in [0.25, 0.3) is 0 Å². The molecule has 2 rings (SSSR count). The van der Waals surface area contributed by atoms with E-state index in [0.29, 0.717) is 18.7 Å². The number of ketones is 1. The van der Waals surface area contributed by atoms with Crippen LogP contribution in [0.15, 0.2) is 40.8 Å². The van der Waals surface area contributed by atoms with E-state index in [1.807, 2.05) is 6.92 Å². The fourth-order valence-electron chi connectivity index (χ4n) is 2.09. The maximum Gasteiger partial charge on any atom is 0.243 e. The Labute approximate surface area is 113 Å². The molecule has 0 saturated heterocycles. The molecule has 19 heavy (non-hydrogen) atoms. The monoisotopic (exact) mass is 279 g/mol. The van der Waals surface area contributed by atoms with Crippen LogP contribution in [0.1, 0.15) is 30.6 Å². The number of hydrogen-bond acceptors (Lipinski definition) is 3. The molecular formula is C14H17NO3S. The second-order valence-corrected chi connectivity index (χ2v) is 6.70. The predicted octanol–water partition coefficient (Wildman–Crippen LogP) is 2.23. The number of carbonyl (C=O) groups excluding carboxylic acids is 1. The minimum absolute atomic E-state index is 0.0688. The van der Waals surface area contributed by atoms with Crippen LogP contribution in [0.4, 0.5) is 0 Å². The van der Waals surface area contributed by atoms with Gasteiger partial charge in [0.05, 0.1) is 4.90 Å². The molecule has 1 aromatic carbocycles. The van der Waals surface area contributed by atoms with Gasteiger partial charge in [-0.1, -0.05) is 23.8 Å². The lowest BCUT2D eigenvalue weighted by atomic mass is 10.2. The molecule has 0 amide bonds. The molecule has 0 unspecified atom stereocenters. The van der Waals surface area contributed by atoms with Crippen molar-refractivity contribution in [3.8, 4) is 0 Å². The zero-order valence-corrected chi connectivity index (χ0v) is 11.9. The van der Waals surface area contributed by atoms with Crippen molar-refractivity contribution in [3.63, 3.8) is 0 Å². The summed E-state index contributed by atoms with van der Waals surface area (Å²) in [6.07, 6.45) is 2.81. The smallest absolute Gasteiger partial charge is 0.243 e. The number of hydrogen-bond donors (Lipinski definition) is 0. The first-order valence-electron chi connectivity index (χ1n) is 6.18. The third-order valence-corrected chi connectivity index (χ3v) is 5.06. The lowest BCUT2D eigenvalue weighted by molar-refractivity contribution is 0.101. The first-order valence-corrected chi connectivity index (χ1v) is 7.62. The maximum atomic E-state index is 12.4. The van der Waals surface area contributed by atoms with Gasteiger partial charge in [-0.3, -0.25) is 4.79 Å². The molecule has 0 fully saturated rings. The fraction of sp³-hybridized carbons (Fsp3) is 0.357. The van der Waals surface area contributed by atoms with Crippen LogP contribution in [0, 0.1) is 0 Å². The minimum Gasteiger partial charge on any atom is -0.295 e. The molecule has 5 heteroatoms. The highest BCUT2D eigenvalue weighted by Gasteiger charge is 2.25. The molecule has 1 heterocycles. The number of sulfonamides is 1. The van der Waals surface area contributed by atoms with Crippen LogP contribution in [-0.4, -0.2) is 31.6 Å². The largest absolute Gasteiger partial charge is 0.295 e. The van der Waals surface area contributed by atoms with Gasteiger partial charge >= 0.3 is 0 Å². The molecule has 102 valence electrons. The Kier molecular flexibility index (Phi) is 3.87. The van der Waals surface area contributed by atoms with Crippen LogP contribution in [0.3, 0.4) is 0 Å². The van der Waals surface area contributed by atoms with E-state index in [9.17, 15) is 13.2 Å². The average Bonchev–Trinajstić information content (AvgIpc) is 2.39. The van der Waals surface area contributed by atoms with Gasteiger partial charge in [-0.15, -0.1) is 0 Å². The van der Waals surface area contributed by atoms with E-state index in [0.717, 1.165) is 12.0 Å². The summed E-state index contributed by atoms with van der Waals surface area (Å²) in [4.78, 5) is 11.4. The molecule has 0 atom stereocenters. The molecule has 0 aliphatic carbocycles. The normalized spacial score (nSPS) is 17.1. The van der Waals surface area contributed by atoms with Gasteiger partial charge < -0.3 is 0 Å². The third-order valence-electron chi connectivity index (χ3n) is 3.20. The Morgan fingerprint density at radius 2 is 1.84 bits per heavy atom. The molecule has 1 aromatic rings. The summed E-state index contributed by atoms with van der Waals surface area (Å²) in [5.41, 5.74) is 1.59. The van der Waals surface area contributed by atoms with Gasteiger partial charge in [0.25, 0.3) is 0 Å². The Morgan fingerprint density at radius 3 is 2.37 bits per heavy atom. The molecule has 1 aliphatic rings. The first kappa shape index (κ1) is 14.0. The highest BCUT2D eigenvalue weighted by Crippen LogP contribution is 2.20. The summed E-state index contributed by atoms with van der Waals surface area (Å²) in [6.45, 7) is 4.34. The second-order valence-electron chi connectivity index (χ2n) is 4.76. The quantitative estimate of drug-likeness (QED) is 0.630. The van der Waals surface area contributed by atoms with Crippen LogP contribution in [-0.2, 0) is 10.0 Å². The van der Waals surface area contributed by atoms with Crippen LogP contribution < -0.4 is 0 Å². The molecule has 0 spiro atoms. The van der Waals surface area contributed by atoms with E-state index in [1.165, 1.54) is 23.4 Å². The van der Waals surface area contributed by atoms with Gasteiger partial charge in [-0.05, 0) is 32.4 Å². The van der Waals surface area contributed by atoms with Gasteiger partial charge in [0, 0.05) is 18.7 Å². The Bertz CT molecular complexity index is 615. The molecule has 0 saturated carbocycles. The summed E-state index contributed by atoms with van der Waals surface area (Å²) < 4.78 is 26.3. The number of Topliss-reactive ketones (excluding diaryl/α,β-unsaturated/α-hetero) is 1. The van der Waals surface area contributed by atoms with Crippen molar-refractivity contribution in [1.29, 1.82) is 0 Å². The minimum atomic E-state index is -3.46. The van der Waals surface area contributed by atoms with Crippen molar-refractivity contribution in [2.24, 2.45) is 0 Å². The van der Waals surface area contributed by atoms with Crippen molar-refractivity contribution in [2.75, 3.05) is 13.1 Å². The van der Waals surface area contributed by atoms with E-state index in [4.69, 9.17) is 0 Å². The third kappa shape index (κ3) is 2.93. The molecule has 4 nitrogen and oxygen atoms in total.